The predicted octanol–water partition coefficient (Wildman–Crippen LogP) is 6.31. The van der Waals surface area contributed by atoms with E-state index in [1.807, 2.05) is 17.0 Å². The number of carbonyl (C=O) groups excluding carboxylic acids is 1. The first-order valence-electron chi connectivity index (χ1n) is 13.0. The van der Waals surface area contributed by atoms with Crippen LogP contribution in [0.3, 0.4) is 0 Å². The highest BCUT2D eigenvalue weighted by Crippen LogP contribution is 2.57. The summed E-state index contributed by atoms with van der Waals surface area (Å²) in [7, 11) is 0. The number of fused-ring (bicyclic) bond motifs is 7. The van der Waals surface area contributed by atoms with Crippen LogP contribution in [0.15, 0.2) is 54.6 Å². The zero-order chi connectivity index (χ0) is 29.5. The minimum atomic E-state index is -1.34. The third-order valence-corrected chi connectivity index (χ3v) is 9.28. The largest absolute Gasteiger partial charge is 0.508 e. The molecule has 212 valence electrons. The average molecular weight is 622 g/mol. The van der Waals surface area contributed by atoms with Gasteiger partial charge in [0.25, 0.3) is 0 Å². The SMILES string of the molecule is O=C1OC2(c3ccc(O)cc3Oc3cc(O)ccc32)c2ccc(CC(=S)N3CCc4c(Cl)c(O)c(O)c(Cl)c4C3)cc21. The molecular formula is C31H21Cl2NO7S. The number of ether oxygens (including phenoxy) is 2. The molecule has 0 amide bonds. The predicted molar refractivity (Wildman–Crippen MR) is 158 cm³/mol. The van der Waals surface area contributed by atoms with Crippen LogP contribution in [0.4, 0.5) is 0 Å². The maximum Gasteiger partial charge on any atom is 0.340 e. The van der Waals surface area contributed by atoms with E-state index in [-0.39, 0.29) is 21.5 Å². The molecule has 4 N–H and O–H groups in total. The molecule has 11 heteroatoms. The summed E-state index contributed by atoms with van der Waals surface area (Å²) in [6, 6.07) is 14.7. The number of benzene rings is 4. The Morgan fingerprint density at radius 3 is 2.10 bits per heavy atom. The molecule has 0 saturated carbocycles. The average Bonchev–Trinajstić information content (AvgIpc) is 3.26. The van der Waals surface area contributed by atoms with E-state index < -0.39 is 23.1 Å². The molecule has 4 aromatic rings. The number of phenols is 4. The number of hydrogen-bond acceptors (Lipinski definition) is 8. The number of esters is 1. The Balaban J connectivity index is 1.23. The summed E-state index contributed by atoms with van der Waals surface area (Å²) in [6.45, 7) is 0.847. The lowest BCUT2D eigenvalue weighted by Crippen LogP contribution is -2.36. The minimum Gasteiger partial charge on any atom is -0.508 e. The smallest absolute Gasteiger partial charge is 0.340 e. The summed E-state index contributed by atoms with van der Waals surface area (Å²) >= 11 is 18.4. The van der Waals surface area contributed by atoms with Crippen molar-refractivity contribution >= 4 is 46.4 Å². The van der Waals surface area contributed by atoms with Crippen molar-refractivity contribution in [2.24, 2.45) is 0 Å². The highest BCUT2D eigenvalue weighted by atomic mass is 35.5. The molecule has 3 heterocycles. The summed E-state index contributed by atoms with van der Waals surface area (Å²) < 4.78 is 12.1. The van der Waals surface area contributed by atoms with Crippen molar-refractivity contribution in [3.8, 4) is 34.5 Å². The molecule has 7 rings (SSSR count). The van der Waals surface area contributed by atoms with Gasteiger partial charge in [0.15, 0.2) is 17.1 Å². The van der Waals surface area contributed by atoms with Gasteiger partial charge in [0.1, 0.15) is 23.0 Å². The Morgan fingerprint density at radius 1 is 0.857 bits per heavy atom. The Bertz CT molecular complexity index is 1820. The van der Waals surface area contributed by atoms with Gasteiger partial charge in [-0.05, 0) is 53.4 Å². The molecule has 3 aliphatic rings. The topological polar surface area (TPSA) is 120 Å². The molecule has 0 aromatic heterocycles. The second kappa shape index (κ2) is 9.42. The van der Waals surface area contributed by atoms with Crippen molar-refractivity contribution in [2.45, 2.75) is 25.0 Å². The lowest BCUT2D eigenvalue weighted by molar-refractivity contribution is 0.0224. The van der Waals surface area contributed by atoms with Crippen molar-refractivity contribution in [3.05, 3.63) is 104 Å². The van der Waals surface area contributed by atoms with Crippen LogP contribution in [0, 0.1) is 0 Å². The number of aromatic hydroxyl groups is 4. The summed E-state index contributed by atoms with van der Waals surface area (Å²) in [4.78, 5) is 16.0. The van der Waals surface area contributed by atoms with Crippen molar-refractivity contribution in [3.63, 3.8) is 0 Å². The molecule has 0 saturated heterocycles. The van der Waals surface area contributed by atoms with Gasteiger partial charge >= 0.3 is 5.97 Å². The molecule has 0 fully saturated rings. The highest BCUT2D eigenvalue weighted by molar-refractivity contribution is 7.80. The second-order valence-corrected chi connectivity index (χ2v) is 11.7. The van der Waals surface area contributed by atoms with Gasteiger partial charge in [-0.2, -0.15) is 0 Å². The molecule has 0 aliphatic carbocycles. The molecule has 42 heavy (non-hydrogen) atoms. The van der Waals surface area contributed by atoms with Crippen LogP contribution in [-0.4, -0.2) is 42.8 Å². The fraction of sp³-hybridized carbons (Fsp3) is 0.161. The number of hydrogen-bond donors (Lipinski definition) is 4. The maximum absolute atomic E-state index is 13.4. The van der Waals surface area contributed by atoms with E-state index in [9.17, 15) is 25.2 Å². The van der Waals surface area contributed by atoms with E-state index in [0.717, 1.165) is 5.56 Å². The second-order valence-electron chi connectivity index (χ2n) is 10.4. The van der Waals surface area contributed by atoms with Crippen LogP contribution in [0.1, 0.15) is 43.7 Å². The van der Waals surface area contributed by atoms with E-state index in [1.54, 1.807) is 18.2 Å². The minimum absolute atomic E-state index is 0.0168. The number of carbonyl (C=O) groups is 1. The van der Waals surface area contributed by atoms with Crippen LogP contribution < -0.4 is 4.74 Å². The first kappa shape index (κ1) is 26.7. The molecule has 3 aliphatic heterocycles. The molecule has 1 spiro atoms. The molecular weight excluding hydrogens is 601 g/mol. The van der Waals surface area contributed by atoms with Gasteiger partial charge in [0.2, 0.25) is 0 Å². The van der Waals surface area contributed by atoms with Gasteiger partial charge in [0, 0.05) is 48.3 Å². The van der Waals surface area contributed by atoms with Crippen LogP contribution in [0.2, 0.25) is 10.0 Å². The zero-order valence-corrected chi connectivity index (χ0v) is 24.0. The van der Waals surface area contributed by atoms with Crippen molar-refractivity contribution in [1.82, 2.24) is 4.90 Å². The van der Waals surface area contributed by atoms with E-state index in [0.29, 0.717) is 75.8 Å². The van der Waals surface area contributed by atoms with Gasteiger partial charge in [0.05, 0.1) is 20.6 Å². The van der Waals surface area contributed by atoms with E-state index in [1.165, 1.54) is 24.3 Å². The summed E-state index contributed by atoms with van der Waals surface area (Å²) in [5.41, 5.74) is 2.81. The Morgan fingerprint density at radius 2 is 1.45 bits per heavy atom. The van der Waals surface area contributed by atoms with E-state index >= 15 is 0 Å². The zero-order valence-electron chi connectivity index (χ0n) is 21.6. The third-order valence-electron chi connectivity index (χ3n) is 8.06. The molecule has 0 atom stereocenters. The monoisotopic (exact) mass is 621 g/mol. The number of halogens is 2. The standard InChI is InChI=1S/C31H21Cl2NO7S/c32-26-17-7-8-34(13-19(17)27(33)29(38)28(26)37)25(42)10-14-1-4-20-18(9-14)30(39)41-31(20)21-5-2-15(35)11-23(21)40-24-12-16(36)3-6-22(24)31/h1-6,9,11-12,35-38H,7-8,10,13H2. The molecule has 0 bridgehead atoms. The van der Waals surface area contributed by atoms with E-state index in [2.05, 4.69) is 0 Å². The number of rotatable bonds is 2. The third kappa shape index (κ3) is 3.81. The number of phenolic OH excluding ortho intramolecular Hbond substituents is 4. The Hall–Kier alpha value is -4.18. The quantitative estimate of drug-likeness (QED) is 0.116. The van der Waals surface area contributed by atoms with Crippen molar-refractivity contribution < 1.29 is 34.7 Å². The normalized spacial score (nSPS) is 15.8. The lowest BCUT2D eigenvalue weighted by Gasteiger charge is -2.36. The maximum atomic E-state index is 13.4. The van der Waals surface area contributed by atoms with Crippen LogP contribution in [-0.2, 0) is 29.7 Å². The number of nitrogens with zero attached hydrogens (tertiary/aromatic N) is 1. The number of thiocarbonyl (C=S) groups is 1. The van der Waals surface area contributed by atoms with E-state index in [4.69, 9.17) is 44.9 Å². The van der Waals surface area contributed by atoms with Crippen LogP contribution in [0.5, 0.6) is 34.5 Å². The summed E-state index contributed by atoms with van der Waals surface area (Å²) in [5.74, 6) is -0.830. The molecule has 4 aromatic carbocycles. The summed E-state index contributed by atoms with van der Waals surface area (Å²) in [6.07, 6.45) is 0.832. The highest BCUT2D eigenvalue weighted by Gasteiger charge is 2.53. The van der Waals surface area contributed by atoms with Gasteiger partial charge in [-0.15, -0.1) is 0 Å². The van der Waals surface area contributed by atoms with Crippen LogP contribution in [0.25, 0.3) is 0 Å². The molecule has 0 unspecified atom stereocenters. The summed E-state index contributed by atoms with van der Waals surface area (Å²) in [5, 5.41) is 40.6. The van der Waals surface area contributed by atoms with Crippen molar-refractivity contribution in [1.29, 1.82) is 0 Å². The van der Waals surface area contributed by atoms with Gasteiger partial charge in [-0.1, -0.05) is 47.6 Å². The lowest BCUT2D eigenvalue weighted by atomic mass is 9.77. The Labute approximate surface area is 254 Å². The fourth-order valence-corrected chi connectivity index (χ4v) is 6.95. The first-order valence-corrected chi connectivity index (χ1v) is 14.1. The first-order chi connectivity index (χ1) is 20.1. The fourth-order valence-electron chi connectivity index (χ4n) is 6.06. The van der Waals surface area contributed by atoms with Crippen molar-refractivity contribution in [2.75, 3.05) is 6.54 Å². The van der Waals surface area contributed by atoms with Gasteiger partial charge in [-0.25, -0.2) is 4.79 Å². The Kier molecular flexibility index (Phi) is 5.99. The van der Waals surface area contributed by atoms with Gasteiger partial charge < -0.3 is 34.8 Å². The van der Waals surface area contributed by atoms with Crippen LogP contribution >= 0.6 is 35.4 Å². The molecule has 8 nitrogen and oxygen atoms in total. The molecule has 0 radical (unpaired) electrons. The van der Waals surface area contributed by atoms with Gasteiger partial charge in [-0.3, -0.25) is 0 Å².